The minimum absolute atomic E-state index is 0.425. The second-order valence-corrected chi connectivity index (χ2v) is 5.33. The first kappa shape index (κ1) is 13.7. The fourth-order valence-electron chi connectivity index (χ4n) is 2.35. The molecule has 0 spiro atoms. The Hall–Kier alpha value is -0.770. The van der Waals surface area contributed by atoms with Crippen LogP contribution in [0.2, 0.25) is 10.0 Å². The number of likely N-dealkylation sites (tertiary alicyclic amines) is 1. The summed E-state index contributed by atoms with van der Waals surface area (Å²) < 4.78 is 0. The van der Waals surface area contributed by atoms with E-state index >= 15 is 0 Å². The van der Waals surface area contributed by atoms with Gasteiger partial charge in [-0.15, -0.1) is 0 Å². The normalized spacial score (nSPS) is 20.9. The van der Waals surface area contributed by atoms with Crippen molar-refractivity contribution in [3.05, 3.63) is 33.8 Å². The SMILES string of the molecule is O=C(O)[C@H]1CCCCN1Cc1c(Cl)cccc1Cl. The first-order valence-electron chi connectivity index (χ1n) is 5.99. The molecule has 1 aromatic carbocycles. The van der Waals surface area contributed by atoms with Crippen molar-refractivity contribution >= 4 is 29.2 Å². The van der Waals surface area contributed by atoms with Crippen LogP contribution in [0, 0.1) is 0 Å². The standard InChI is InChI=1S/C13H15Cl2NO2/c14-10-4-3-5-11(15)9(10)8-16-7-2-1-6-12(16)13(17)18/h3-5,12H,1-2,6-8H2,(H,17,18)/t12-/m1/s1. The highest BCUT2D eigenvalue weighted by Crippen LogP contribution is 2.28. The summed E-state index contributed by atoms with van der Waals surface area (Å²) in [6.07, 6.45) is 2.67. The lowest BCUT2D eigenvalue weighted by molar-refractivity contribution is -0.144. The number of aliphatic carboxylic acids is 1. The van der Waals surface area contributed by atoms with Gasteiger partial charge >= 0.3 is 5.97 Å². The van der Waals surface area contributed by atoms with Crippen LogP contribution in [0.4, 0.5) is 0 Å². The molecule has 1 N–H and O–H groups in total. The largest absolute Gasteiger partial charge is 0.480 e. The van der Waals surface area contributed by atoms with Crippen LogP contribution in [-0.4, -0.2) is 28.6 Å². The number of piperidine rings is 1. The van der Waals surface area contributed by atoms with Crippen LogP contribution < -0.4 is 0 Å². The highest BCUT2D eigenvalue weighted by atomic mass is 35.5. The Kier molecular flexibility index (Phi) is 4.49. The van der Waals surface area contributed by atoms with E-state index in [1.54, 1.807) is 18.2 Å². The predicted octanol–water partition coefficient (Wildman–Crippen LogP) is 3.43. The predicted molar refractivity (Wildman–Crippen MR) is 72.1 cm³/mol. The van der Waals surface area contributed by atoms with E-state index in [0.717, 1.165) is 24.9 Å². The monoisotopic (exact) mass is 287 g/mol. The van der Waals surface area contributed by atoms with E-state index in [1.807, 2.05) is 4.90 Å². The number of halogens is 2. The van der Waals surface area contributed by atoms with Crippen LogP contribution in [0.3, 0.4) is 0 Å². The zero-order valence-electron chi connectivity index (χ0n) is 9.90. The van der Waals surface area contributed by atoms with Gasteiger partial charge in [-0.05, 0) is 31.5 Å². The van der Waals surface area contributed by atoms with Crippen molar-refractivity contribution < 1.29 is 9.90 Å². The van der Waals surface area contributed by atoms with Crippen LogP contribution in [0.5, 0.6) is 0 Å². The number of nitrogens with zero attached hydrogens (tertiary/aromatic N) is 1. The van der Waals surface area contributed by atoms with Crippen LogP contribution in [-0.2, 0) is 11.3 Å². The molecule has 3 nitrogen and oxygen atoms in total. The third kappa shape index (κ3) is 2.97. The summed E-state index contributed by atoms with van der Waals surface area (Å²) in [7, 11) is 0. The highest BCUT2D eigenvalue weighted by Gasteiger charge is 2.29. The fraction of sp³-hybridized carbons (Fsp3) is 0.462. The molecule has 0 amide bonds. The second-order valence-electron chi connectivity index (χ2n) is 4.52. The first-order chi connectivity index (χ1) is 8.59. The lowest BCUT2D eigenvalue weighted by atomic mass is 10.0. The Morgan fingerprint density at radius 1 is 1.33 bits per heavy atom. The van der Waals surface area contributed by atoms with Gasteiger partial charge < -0.3 is 5.11 Å². The summed E-state index contributed by atoms with van der Waals surface area (Å²) in [6, 6.07) is 4.93. The number of rotatable bonds is 3. The van der Waals surface area contributed by atoms with Gasteiger partial charge in [0.15, 0.2) is 0 Å². The van der Waals surface area contributed by atoms with Crippen molar-refractivity contribution in [1.82, 2.24) is 4.90 Å². The molecule has 2 rings (SSSR count). The van der Waals surface area contributed by atoms with Crippen molar-refractivity contribution in [1.29, 1.82) is 0 Å². The number of carboxylic acids is 1. The van der Waals surface area contributed by atoms with E-state index < -0.39 is 12.0 Å². The van der Waals surface area contributed by atoms with Crippen molar-refractivity contribution in [2.75, 3.05) is 6.54 Å². The van der Waals surface area contributed by atoms with Crippen molar-refractivity contribution in [3.63, 3.8) is 0 Å². The van der Waals surface area contributed by atoms with Gasteiger partial charge in [-0.3, -0.25) is 9.69 Å². The Morgan fingerprint density at radius 3 is 2.61 bits per heavy atom. The van der Waals surface area contributed by atoms with Gasteiger partial charge in [-0.1, -0.05) is 35.7 Å². The molecule has 0 aliphatic carbocycles. The molecule has 1 atom stereocenters. The maximum absolute atomic E-state index is 11.2. The van der Waals surface area contributed by atoms with E-state index in [-0.39, 0.29) is 0 Å². The molecule has 1 aliphatic rings. The zero-order valence-corrected chi connectivity index (χ0v) is 11.4. The molecule has 0 bridgehead atoms. The van der Waals surface area contributed by atoms with Gasteiger partial charge in [-0.2, -0.15) is 0 Å². The third-order valence-electron chi connectivity index (χ3n) is 3.32. The summed E-state index contributed by atoms with van der Waals surface area (Å²) in [5.74, 6) is -0.766. The minimum Gasteiger partial charge on any atom is -0.480 e. The second kappa shape index (κ2) is 5.91. The smallest absolute Gasteiger partial charge is 0.320 e. The Morgan fingerprint density at radius 2 is 2.00 bits per heavy atom. The van der Waals surface area contributed by atoms with E-state index in [2.05, 4.69) is 0 Å². The number of carboxylic acid groups (broad SMARTS) is 1. The molecule has 0 saturated carbocycles. The summed E-state index contributed by atoms with van der Waals surface area (Å²) in [4.78, 5) is 13.2. The molecule has 1 saturated heterocycles. The Labute approximate surface area is 116 Å². The topological polar surface area (TPSA) is 40.5 Å². The average molecular weight is 288 g/mol. The zero-order chi connectivity index (χ0) is 13.1. The molecular weight excluding hydrogens is 273 g/mol. The number of benzene rings is 1. The molecular formula is C13H15Cl2NO2. The molecule has 0 aromatic heterocycles. The average Bonchev–Trinajstić information content (AvgIpc) is 2.34. The maximum Gasteiger partial charge on any atom is 0.320 e. The Bertz CT molecular complexity index is 430. The molecule has 1 fully saturated rings. The lowest BCUT2D eigenvalue weighted by Gasteiger charge is -2.33. The summed E-state index contributed by atoms with van der Waals surface area (Å²) in [5.41, 5.74) is 0.814. The van der Waals surface area contributed by atoms with Gasteiger partial charge in [0.1, 0.15) is 6.04 Å². The fourth-order valence-corrected chi connectivity index (χ4v) is 2.86. The minimum atomic E-state index is -0.766. The highest BCUT2D eigenvalue weighted by molar-refractivity contribution is 6.35. The summed E-state index contributed by atoms with van der Waals surface area (Å²) in [6.45, 7) is 1.27. The van der Waals surface area contributed by atoms with Gasteiger partial charge in [0.2, 0.25) is 0 Å². The van der Waals surface area contributed by atoms with Gasteiger partial charge in [0.05, 0.1) is 0 Å². The third-order valence-corrected chi connectivity index (χ3v) is 4.03. The van der Waals surface area contributed by atoms with Gasteiger partial charge in [0, 0.05) is 22.2 Å². The molecule has 98 valence electrons. The lowest BCUT2D eigenvalue weighted by Crippen LogP contribution is -2.44. The van der Waals surface area contributed by atoms with E-state index in [4.69, 9.17) is 23.2 Å². The van der Waals surface area contributed by atoms with Crippen LogP contribution in [0.15, 0.2) is 18.2 Å². The molecule has 18 heavy (non-hydrogen) atoms. The van der Waals surface area contributed by atoms with Gasteiger partial charge in [-0.25, -0.2) is 0 Å². The molecule has 1 aromatic rings. The molecule has 5 heteroatoms. The van der Waals surface area contributed by atoms with E-state index in [0.29, 0.717) is 23.0 Å². The Balaban J connectivity index is 2.18. The van der Waals surface area contributed by atoms with Crippen molar-refractivity contribution in [3.8, 4) is 0 Å². The number of hydrogen-bond donors (Lipinski definition) is 1. The van der Waals surface area contributed by atoms with E-state index in [9.17, 15) is 9.90 Å². The van der Waals surface area contributed by atoms with Crippen LogP contribution in [0.1, 0.15) is 24.8 Å². The number of hydrogen-bond acceptors (Lipinski definition) is 2. The van der Waals surface area contributed by atoms with Crippen molar-refractivity contribution in [2.45, 2.75) is 31.8 Å². The number of carbonyl (C=O) groups is 1. The summed E-state index contributed by atoms with van der Waals surface area (Å²) in [5, 5.41) is 10.4. The maximum atomic E-state index is 11.2. The summed E-state index contributed by atoms with van der Waals surface area (Å²) >= 11 is 12.2. The van der Waals surface area contributed by atoms with Gasteiger partial charge in [0.25, 0.3) is 0 Å². The first-order valence-corrected chi connectivity index (χ1v) is 6.75. The molecule has 0 radical (unpaired) electrons. The quantitative estimate of drug-likeness (QED) is 0.926. The molecule has 1 heterocycles. The van der Waals surface area contributed by atoms with Crippen LogP contribution in [0.25, 0.3) is 0 Å². The molecule has 0 unspecified atom stereocenters. The molecule has 1 aliphatic heterocycles. The van der Waals surface area contributed by atoms with Crippen LogP contribution >= 0.6 is 23.2 Å². The van der Waals surface area contributed by atoms with Crippen molar-refractivity contribution in [2.24, 2.45) is 0 Å². The van der Waals surface area contributed by atoms with E-state index in [1.165, 1.54) is 0 Å².